The van der Waals surface area contributed by atoms with E-state index in [0.29, 0.717) is 11.0 Å². The fourth-order valence-corrected chi connectivity index (χ4v) is 5.62. The van der Waals surface area contributed by atoms with Crippen molar-refractivity contribution in [3.05, 3.63) is 24.3 Å². The van der Waals surface area contributed by atoms with Crippen molar-refractivity contribution < 1.29 is 4.74 Å². The van der Waals surface area contributed by atoms with E-state index in [-0.39, 0.29) is 13.3 Å². The molecule has 1 aliphatic rings. The van der Waals surface area contributed by atoms with Gasteiger partial charge in [0.2, 0.25) is 0 Å². The predicted octanol–water partition coefficient (Wildman–Crippen LogP) is 4.36. The number of hydrogen-bond donors (Lipinski definition) is 0. The van der Waals surface area contributed by atoms with E-state index in [1.54, 1.807) is 0 Å². The van der Waals surface area contributed by atoms with Crippen molar-refractivity contribution in [2.45, 2.75) is 52.5 Å². The van der Waals surface area contributed by atoms with E-state index in [2.05, 4.69) is 65.8 Å². The molecule has 2 rings (SSSR count). The summed E-state index contributed by atoms with van der Waals surface area (Å²) >= 11 is 0. The van der Waals surface area contributed by atoms with Crippen molar-refractivity contribution in [3.8, 4) is 5.75 Å². The van der Waals surface area contributed by atoms with Crippen molar-refractivity contribution in [2.24, 2.45) is 5.41 Å². The molecule has 1 nitrogen and oxygen atoms in total. The number of para-hydroxylation sites is 1. The SMILES string of the molecule is CC(C)(C)C1Oc2ccccc2P1C(C)(C)C. The Kier molecular flexibility index (Phi) is 3.02. The fourth-order valence-electron chi connectivity index (χ4n) is 2.33. The molecule has 0 fully saturated rings. The second-order valence-corrected chi connectivity index (χ2v) is 9.88. The summed E-state index contributed by atoms with van der Waals surface area (Å²) in [6.07, 6.45) is 0. The molecule has 2 heteroatoms. The molecular weight excluding hydrogens is 227 g/mol. The number of rotatable bonds is 0. The van der Waals surface area contributed by atoms with Crippen LogP contribution >= 0.6 is 7.92 Å². The molecule has 0 spiro atoms. The Balaban J connectivity index is 2.48. The maximum absolute atomic E-state index is 6.24. The summed E-state index contributed by atoms with van der Waals surface area (Å²) in [6.45, 7) is 13.9. The van der Waals surface area contributed by atoms with Gasteiger partial charge in [0, 0.05) is 10.7 Å². The van der Waals surface area contributed by atoms with Crippen molar-refractivity contribution in [3.63, 3.8) is 0 Å². The highest BCUT2D eigenvalue weighted by atomic mass is 31.1. The third-order valence-corrected chi connectivity index (χ3v) is 6.74. The summed E-state index contributed by atoms with van der Waals surface area (Å²) in [7, 11) is -0.276. The Morgan fingerprint density at radius 1 is 1.00 bits per heavy atom. The van der Waals surface area contributed by atoms with E-state index in [1.807, 2.05) is 0 Å². The lowest BCUT2D eigenvalue weighted by atomic mass is 9.98. The Hall–Kier alpha value is -0.550. The van der Waals surface area contributed by atoms with Gasteiger partial charge < -0.3 is 4.74 Å². The van der Waals surface area contributed by atoms with Crippen LogP contribution < -0.4 is 10.0 Å². The lowest BCUT2D eigenvalue weighted by molar-refractivity contribution is 0.166. The number of benzene rings is 1. The molecule has 2 atom stereocenters. The monoisotopic (exact) mass is 250 g/mol. The van der Waals surface area contributed by atoms with Gasteiger partial charge in [-0.05, 0) is 19.1 Å². The zero-order valence-corrected chi connectivity index (χ0v) is 12.6. The first-order valence-electron chi connectivity index (χ1n) is 6.26. The summed E-state index contributed by atoms with van der Waals surface area (Å²) in [5.41, 5.74) is 0.192. The second kappa shape index (κ2) is 3.99. The molecule has 1 aromatic carbocycles. The third kappa shape index (κ3) is 2.36. The van der Waals surface area contributed by atoms with Crippen LogP contribution in [0.5, 0.6) is 5.75 Å². The van der Waals surface area contributed by atoms with Crippen molar-refractivity contribution in [1.29, 1.82) is 0 Å². The van der Waals surface area contributed by atoms with E-state index in [0.717, 1.165) is 5.75 Å². The zero-order chi connectivity index (χ0) is 12.8. The Labute approximate surface area is 106 Å². The number of ether oxygens (including phenoxy) is 1. The summed E-state index contributed by atoms with van der Waals surface area (Å²) in [6, 6.07) is 8.56. The highest BCUT2D eigenvalue weighted by Gasteiger charge is 2.46. The average molecular weight is 250 g/mol. The molecule has 0 aliphatic carbocycles. The first-order valence-corrected chi connectivity index (χ1v) is 7.67. The first-order chi connectivity index (χ1) is 7.71. The third-order valence-electron chi connectivity index (χ3n) is 3.06. The fraction of sp³-hybridized carbons (Fsp3) is 0.600. The van der Waals surface area contributed by atoms with Crippen LogP contribution in [0.25, 0.3) is 0 Å². The van der Waals surface area contributed by atoms with E-state index in [4.69, 9.17) is 4.74 Å². The molecule has 0 N–H and O–H groups in total. The molecule has 0 saturated carbocycles. The standard InChI is InChI=1S/C15H23OP/c1-14(2,3)13-16-11-9-7-8-10-12(11)17(13)15(4,5)6/h7-10,13H,1-6H3. The smallest absolute Gasteiger partial charge is 0.128 e. The van der Waals surface area contributed by atoms with Crippen LogP contribution in [0.1, 0.15) is 41.5 Å². The molecule has 0 bridgehead atoms. The molecule has 0 amide bonds. The molecule has 0 radical (unpaired) electrons. The Bertz CT molecular complexity index is 412. The van der Waals surface area contributed by atoms with Crippen LogP contribution in [-0.2, 0) is 0 Å². The zero-order valence-electron chi connectivity index (χ0n) is 11.7. The minimum atomic E-state index is -0.276. The highest BCUT2D eigenvalue weighted by molar-refractivity contribution is 7.68. The molecule has 94 valence electrons. The first kappa shape index (κ1) is 12.9. The minimum Gasteiger partial charge on any atom is -0.484 e. The molecule has 0 aromatic heterocycles. The number of hydrogen-bond acceptors (Lipinski definition) is 1. The lowest BCUT2D eigenvalue weighted by Gasteiger charge is -2.38. The number of fused-ring (bicyclic) bond motifs is 1. The van der Waals surface area contributed by atoms with Crippen LogP contribution in [-0.4, -0.2) is 11.0 Å². The van der Waals surface area contributed by atoms with Gasteiger partial charge in [-0.25, -0.2) is 0 Å². The van der Waals surface area contributed by atoms with Gasteiger partial charge in [-0.15, -0.1) is 0 Å². The van der Waals surface area contributed by atoms with E-state index >= 15 is 0 Å². The van der Waals surface area contributed by atoms with Gasteiger partial charge in [-0.3, -0.25) is 0 Å². The van der Waals surface area contributed by atoms with Crippen LogP contribution in [0.2, 0.25) is 0 Å². The lowest BCUT2D eigenvalue weighted by Crippen LogP contribution is -2.33. The van der Waals surface area contributed by atoms with Gasteiger partial charge >= 0.3 is 0 Å². The molecular formula is C15H23OP. The van der Waals surface area contributed by atoms with Crippen molar-refractivity contribution in [1.82, 2.24) is 0 Å². The van der Waals surface area contributed by atoms with E-state index < -0.39 is 0 Å². The quantitative estimate of drug-likeness (QED) is 0.622. The molecule has 1 aliphatic heterocycles. The summed E-state index contributed by atoms with van der Waals surface area (Å²) in [5, 5.41) is 1.73. The largest absolute Gasteiger partial charge is 0.484 e. The van der Waals surface area contributed by atoms with Crippen LogP contribution in [0.4, 0.5) is 0 Å². The van der Waals surface area contributed by atoms with Gasteiger partial charge in [-0.1, -0.05) is 59.7 Å². The van der Waals surface area contributed by atoms with Crippen LogP contribution in [0.15, 0.2) is 24.3 Å². The maximum atomic E-state index is 6.24. The van der Waals surface area contributed by atoms with Crippen LogP contribution in [0, 0.1) is 5.41 Å². The second-order valence-electron chi connectivity index (χ2n) is 6.84. The maximum Gasteiger partial charge on any atom is 0.128 e. The Morgan fingerprint density at radius 3 is 2.12 bits per heavy atom. The topological polar surface area (TPSA) is 9.23 Å². The molecule has 0 saturated heterocycles. The Morgan fingerprint density at radius 2 is 1.59 bits per heavy atom. The van der Waals surface area contributed by atoms with Gasteiger partial charge in [0.25, 0.3) is 0 Å². The van der Waals surface area contributed by atoms with Gasteiger partial charge in [0.15, 0.2) is 0 Å². The minimum absolute atomic E-state index is 0.192. The highest BCUT2D eigenvalue weighted by Crippen LogP contribution is 2.62. The van der Waals surface area contributed by atoms with E-state index in [9.17, 15) is 0 Å². The molecule has 2 unspecified atom stereocenters. The van der Waals surface area contributed by atoms with Crippen molar-refractivity contribution >= 4 is 13.2 Å². The summed E-state index contributed by atoms with van der Waals surface area (Å²) in [4.78, 5) is 0. The van der Waals surface area contributed by atoms with Crippen LogP contribution in [0.3, 0.4) is 0 Å². The van der Waals surface area contributed by atoms with Gasteiger partial charge in [0.1, 0.15) is 11.6 Å². The molecule has 17 heavy (non-hydrogen) atoms. The summed E-state index contributed by atoms with van der Waals surface area (Å²) in [5.74, 6) is 1.43. The molecule has 1 heterocycles. The average Bonchev–Trinajstić information content (AvgIpc) is 2.54. The van der Waals surface area contributed by atoms with Gasteiger partial charge in [-0.2, -0.15) is 0 Å². The molecule has 1 aromatic rings. The van der Waals surface area contributed by atoms with E-state index in [1.165, 1.54) is 5.30 Å². The summed E-state index contributed by atoms with van der Waals surface area (Å²) < 4.78 is 6.24. The van der Waals surface area contributed by atoms with Crippen molar-refractivity contribution in [2.75, 3.05) is 0 Å². The normalized spacial score (nSPS) is 24.4. The predicted molar refractivity (Wildman–Crippen MR) is 76.6 cm³/mol. The van der Waals surface area contributed by atoms with Gasteiger partial charge in [0.05, 0.1) is 0 Å².